The minimum absolute atomic E-state index is 0.00604. The number of hydrogen-bond donors (Lipinski definition) is 1. The summed E-state index contributed by atoms with van der Waals surface area (Å²) >= 11 is 5.59. The quantitative estimate of drug-likeness (QED) is 0.847. The zero-order chi connectivity index (χ0) is 14.5. The fourth-order valence-corrected chi connectivity index (χ4v) is 2.45. The van der Waals surface area contributed by atoms with Gasteiger partial charge < -0.3 is 4.74 Å². The Kier molecular flexibility index (Phi) is 5.62. The van der Waals surface area contributed by atoms with Crippen LogP contribution >= 0.6 is 11.6 Å². The molecule has 0 aliphatic carbocycles. The molecule has 1 aromatic rings. The molecule has 0 saturated heterocycles. The summed E-state index contributed by atoms with van der Waals surface area (Å²) in [6, 6.07) is 6.16. The predicted octanol–water partition coefficient (Wildman–Crippen LogP) is 2.29. The average molecular weight is 306 g/mol. The minimum Gasteiger partial charge on any atom is -0.446 e. The molecule has 0 unspecified atom stereocenters. The Labute approximate surface area is 118 Å². The number of benzene rings is 1. The first-order valence-corrected chi connectivity index (χ1v) is 7.75. The standard InChI is InChI=1S/C12H16ClNO4S/c1-9(2)18-12(15)14-19(16,17)11-5-3-10(4-6-11)7-8-13/h3-6,9H,7-8H2,1-2H3,(H,14,15). The number of ether oxygens (including phenoxy) is 1. The van der Waals surface area contributed by atoms with Crippen LogP contribution in [0.4, 0.5) is 4.79 Å². The van der Waals surface area contributed by atoms with Crippen LogP contribution in [-0.2, 0) is 21.2 Å². The number of rotatable bonds is 5. The first kappa shape index (κ1) is 15.8. The fraction of sp³-hybridized carbons (Fsp3) is 0.417. The third-order valence-electron chi connectivity index (χ3n) is 2.18. The molecule has 0 spiro atoms. The summed E-state index contributed by atoms with van der Waals surface area (Å²) in [6.07, 6.45) is -0.717. The summed E-state index contributed by atoms with van der Waals surface area (Å²) in [5.41, 5.74) is 0.929. The lowest BCUT2D eigenvalue weighted by molar-refractivity contribution is 0.121. The van der Waals surface area contributed by atoms with Crippen LogP contribution in [0.25, 0.3) is 0 Å². The number of nitrogens with one attached hydrogen (secondary N) is 1. The van der Waals surface area contributed by atoms with Crippen molar-refractivity contribution in [2.45, 2.75) is 31.3 Å². The lowest BCUT2D eigenvalue weighted by Gasteiger charge is -2.10. The van der Waals surface area contributed by atoms with Gasteiger partial charge in [-0.15, -0.1) is 11.6 Å². The number of alkyl halides is 1. The van der Waals surface area contributed by atoms with E-state index in [2.05, 4.69) is 0 Å². The van der Waals surface area contributed by atoms with Gasteiger partial charge in [0.05, 0.1) is 11.0 Å². The molecule has 0 bridgehead atoms. The van der Waals surface area contributed by atoms with Gasteiger partial charge in [0.25, 0.3) is 10.0 Å². The molecular weight excluding hydrogens is 290 g/mol. The van der Waals surface area contributed by atoms with Crippen LogP contribution in [-0.4, -0.2) is 26.5 Å². The molecule has 1 amide bonds. The number of sulfonamides is 1. The van der Waals surface area contributed by atoms with E-state index in [1.807, 2.05) is 4.72 Å². The van der Waals surface area contributed by atoms with Gasteiger partial charge in [0.2, 0.25) is 0 Å². The second-order valence-corrected chi connectivity index (χ2v) is 6.20. The largest absolute Gasteiger partial charge is 0.446 e. The van der Waals surface area contributed by atoms with E-state index >= 15 is 0 Å². The van der Waals surface area contributed by atoms with Crippen LogP contribution in [0, 0.1) is 0 Å². The molecule has 0 aromatic heterocycles. The van der Waals surface area contributed by atoms with E-state index in [0.29, 0.717) is 12.3 Å². The monoisotopic (exact) mass is 305 g/mol. The number of aryl methyl sites for hydroxylation is 1. The molecule has 106 valence electrons. The first-order chi connectivity index (χ1) is 8.85. The number of hydrogen-bond acceptors (Lipinski definition) is 4. The van der Waals surface area contributed by atoms with E-state index in [1.54, 1.807) is 26.0 Å². The molecule has 1 rings (SSSR count). The van der Waals surface area contributed by atoms with Gasteiger partial charge in [-0.25, -0.2) is 17.9 Å². The van der Waals surface area contributed by atoms with E-state index in [-0.39, 0.29) is 11.0 Å². The van der Waals surface area contributed by atoms with Gasteiger partial charge in [0.1, 0.15) is 0 Å². The maximum atomic E-state index is 11.9. The molecule has 19 heavy (non-hydrogen) atoms. The third-order valence-corrected chi connectivity index (χ3v) is 3.69. The first-order valence-electron chi connectivity index (χ1n) is 5.73. The van der Waals surface area contributed by atoms with Crippen molar-refractivity contribution in [1.29, 1.82) is 0 Å². The summed E-state index contributed by atoms with van der Waals surface area (Å²) in [5.74, 6) is 0.463. The molecule has 0 atom stereocenters. The SMILES string of the molecule is CC(C)OC(=O)NS(=O)(=O)c1ccc(CCCl)cc1. The summed E-state index contributed by atoms with van der Waals surface area (Å²) in [4.78, 5) is 11.3. The van der Waals surface area contributed by atoms with Crippen LogP contribution in [0.3, 0.4) is 0 Å². The molecule has 0 radical (unpaired) electrons. The van der Waals surface area contributed by atoms with Crippen molar-refractivity contribution in [2.75, 3.05) is 5.88 Å². The highest BCUT2D eigenvalue weighted by atomic mass is 35.5. The fourth-order valence-electron chi connectivity index (χ4n) is 1.35. The Bertz CT molecular complexity index is 525. The zero-order valence-corrected chi connectivity index (χ0v) is 12.3. The van der Waals surface area contributed by atoms with Crippen LogP contribution in [0.5, 0.6) is 0 Å². The second kappa shape index (κ2) is 6.77. The maximum Gasteiger partial charge on any atom is 0.421 e. The highest BCUT2D eigenvalue weighted by Crippen LogP contribution is 2.11. The van der Waals surface area contributed by atoms with Gasteiger partial charge in [0.15, 0.2) is 0 Å². The van der Waals surface area contributed by atoms with E-state index in [0.717, 1.165) is 5.56 Å². The smallest absolute Gasteiger partial charge is 0.421 e. The van der Waals surface area contributed by atoms with Gasteiger partial charge in [0, 0.05) is 5.88 Å². The summed E-state index contributed by atoms with van der Waals surface area (Å²) in [6.45, 7) is 3.26. The average Bonchev–Trinajstić information content (AvgIpc) is 2.28. The molecule has 1 aromatic carbocycles. The lowest BCUT2D eigenvalue weighted by atomic mass is 10.2. The molecule has 7 heteroatoms. The van der Waals surface area contributed by atoms with Crippen LogP contribution in [0.2, 0.25) is 0 Å². The highest BCUT2D eigenvalue weighted by molar-refractivity contribution is 7.90. The Morgan fingerprint density at radius 2 is 1.89 bits per heavy atom. The van der Waals surface area contributed by atoms with E-state index in [1.165, 1.54) is 12.1 Å². The van der Waals surface area contributed by atoms with Crippen molar-refractivity contribution in [3.8, 4) is 0 Å². The van der Waals surface area contributed by atoms with E-state index < -0.39 is 16.1 Å². The molecule has 5 nitrogen and oxygen atoms in total. The normalized spacial score (nSPS) is 11.4. The molecule has 0 fully saturated rings. The Balaban J connectivity index is 2.79. The lowest BCUT2D eigenvalue weighted by Crippen LogP contribution is -2.32. The van der Waals surface area contributed by atoms with Crippen LogP contribution in [0.15, 0.2) is 29.2 Å². The topological polar surface area (TPSA) is 72.5 Å². The van der Waals surface area contributed by atoms with Crippen molar-refractivity contribution >= 4 is 27.7 Å². The minimum atomic E-state index is -3.89. The Morgan fingerprint density at radius 3 is 2.37 bits per heavy atom. The molecule has 0 saturated carbocycles. The molecule has 0 heterocycles. The van der Waals surface area contributed by atoms with E-state index in [9.17, 15) is 13.2 Å². The Hall–Kier alpha value is -1.27. The van der Waals surface area contributed by atoms with Crippen LogP contribution in [0.1, 0.15) is 19.4 Å². The summed E-state index contributed by atoms with van der Waals surface area (Å²) in [5, 5.41) is 0. The highest BCUT2D eigenvalue weighted by Gasteiger charge is 2.18. The number of carbonyl (C=O) groups excluding carboxylic acids is 1. The molecule has 0 aliphatic heterocycles. The second-order valence-electron chi connectivity index (χ2n) is 4.14. The third kappa shape index (κ3) is 5.08. The van der Waals surface area contributed by atoms with Crippen molar-refractivity contribution < 1.29 is 17.9 Å². The summed E-state index contributed by atoms with van der Waals surface area (Å²) < 4.78 is 30.3. The Morgan fingerprint density at radius 1 is 1.32 bits per heavy atom. The van der Waals surface area contributed by atoms with Crippen LogP contribution < -0.4 is 4.72 Å². The summed E-state index contributed by atoms with van der Waals surface area (Å²) in [7, 11) is -3.89. The van der Waals surface area contributed by atoms with Gasteiger partial charge >= 0.3 is 6.09 Å². The van der Waals surface area contributed by atoms with Crippen molar-refractivity contribution in [3.63, 3.8) is 0 Å². The molecule has 1 N–H and O–H groups in total. The number of halogens is 1. The van der Waals surface area contributed by atoms with Gasteiger partial charge in [-0.1, -0.05) is 12.1 Å². The van der Waals surface area contributed by atoms with Crippen molar-refractivity contribution in [1.82, 2.24) is 4.72 Å². The molecule has 0 aliphatic rings. The molecular formula is C12H16ClNO4S. The van der Waals surface area contributed by atoms with Crippen molar-refractivity contribution in [3.05, 3.63) is 29.8 Å². The van der Waals surface area contributed by atoms with Crippen molar-refractivity contribution in [2.24, 2.45) is 0 Å². The van der Waals surface area contributed by atoms with Gasteiger partial charge in [-0.05, 0) is 38.0 Å². The maximum absolute atomic E-state index is 11.9. The number of carbonyl (C=O) groups is 1. The number of amides is 1. The van der Waals surface area contributed by atoms with Gasteiger partial charge in [-0.2, -0.15) is 0 Å². The zero-order valence-electron chi connectivity index (χ0n) is 10.7. The van der Waals surface area contributed by atoms with E-state index in [4.69, 9.17) is 16.3 Å². The van der Waals surface area contributed by atoms with Gasteiger partial charge in [-0.3, -0.25) is 0 Å². The predicted molar refractivity (Wildman–Crippen MR) is 72.8 cm³/mol.